The van der Waals surface area contributed by atoms with Crippen molar-refractivity contribution in [2.75, 3.05) is 26.2 Å². The maximum atomic E-state index is 9.00. The topological polar surface area (TPSA) is 35.5 Å². The largest absolute Gasteiger partial charge is 0.392 e. The molecule has 0 aromatic heterocycles. The van der Waals surface area contributed by atoms with E-state index in [1.807, 2.05) is 12.1 Å². The first-order valence-corrected chi connectivity index (χ1v) is 6.47. The molecule has 0 spiro atoms. The molecule has 2 aliphatic heterocycles. The molecule has 3 rings (SSSR count). The number of aliphatic hydroxyl groups is 1. The zero-order valence-corrected chi connectivity index (χ0v) is 10.1. The highest BCUT2D eigenvalue weighted by Gasteiger charge is 2.35. The van der Waals surface area contributed by atoms with Gasteiger partial charge in [-0.05, 0) is 36.1 Å². The van der Waals surface area contributed by atoms with Crippen molar-refractivity contribution >= 4 is 0 Å². The van der Waals surface area contributed by atoms with Crippen LogP contribution in [0.4, 0.5) is 0 Å². The number of nitrogens with one attached hydrogen (secondary N) is 1. The minimum Gasteiger partial charge on any atom is -0.392 e. The minimum atomic E-state index is 0.139. The number of benzene rings is 1. The summed E-state index contributed by atoms with van der Waals surface area (Å²) in [5.41, 5.74) is 2.35. The highest BCUT2D eigenvalue weighted by molar-refractivity contribution is 5.22. The van der Waals surface area contributed by atoms with Gasteiger partial charge in [-0.3, -0.25) is 4.90 Å². The summed E-state index contributed by atoms with van der Waals surface area (Å²) in [5, 5.41) is 12.5. The molecule has 2 aliphatic rings. The summed E-state index contributed by atoms with van der Waals surface area (Å²) in [7, 11) is 0. The van der Waals surface area contributed by atoms with E-state index in [0.717, 1.165) is 23.9 Å². The number of hydrogen-bond donors (Lipinski definition) is 2. The molecule has 0 aliphatic carbocycles. The molecule has 0 radical (unpaired) electrons. The van der Waals surface area contributed by atoms with E-state index < -0.39 is 0 Å². The van der Waals surface area contributed by atoms with Crippen molar-refractivity contribution in [2.24, 2.45) is 11.8 Å². The average Bonchev–Trinajstić information content (AvgIpc) is 2.90. The second-order valence-electron chi connectivity index (χ2n) is 5.35. The normalized spacial score (nSPS) is 28.5. The van der Waals surface area contributed by atoms with Crippen LogP contribution in [0.25, 0.3) is 0 Å². The van der Waals surface area contributed by atoms with Crippen molar-refractivity contribution in [3.8, 4) is 0 Å². The summed E-state index contributed by atoms with van der Waals surface area (Å²) in [5.74, 6) is 1.73. The van der Waals surface area contributed by atoms with Gasteiger partial charge in [0.2, 0.25) is 0 Å². The van der Waals surface area contributed by atoms with Gasteiger partial charge >= 0.3 is 0 Å². The Morgan fingerprint density at radius 2 is 1.65 bits per heavy atom. The Kier molecular flexibility index (Phi) is 3.14. The van der Waals surface area contributed by atoms with Gasteiger partial charge in [-0.2, -0.15) is 0 Å². The van der Waals surface area contributed by atoms with Crippen molar-refractivity contribution in [1.29, 1.82) is 0 Å². The molecular formula is C14H20N2O. The summed E-state index contributed by atoms with van der Waals surface area (Å²) in [6.45, 7) is 6.06. The molecule has 2 fully saturated rings. The standard InChI is InChI=1S/C14H20N2O/c17-10-12-3-1-11(2-4-12)7-16-8-13-5-15-6-14(13)9-16/h1-4,13-15,17H,5-10H2/t13-,14+. The molecule has 0 saturated carbocycles. The van der Waals surface area contributed by atoms with E-state index in [0.29, 0.717) is 0 Å². The minimum absolute atomic E-state index is 0.139. The van der Waals surface area contributed by atoms with Crippen molar-refractivity contribution in [1.82, 2.24) is 10.2 Å². The fraction of sp³-hybridized carbons (Fsp3) is 0.571. The average molecular weight is 232 g/mol. The second kappa shape index (κ2) is 4.77. The Bertz CT molecular complexity index is 364. The van der Waals surface area contributed by atoms with Crippen molar-refractivity contribution < 1.29 is 5.11 Å². The summed E-state index contributed by atoms with van der Waals surface area (Å²) < 4.78 is 0. The van der Waals surface area contributed by atoms with Crippen LogP contribution in [0, 0.1) is 11.8 Å². The number of aliphatic hydroxyl groups excluding tert-OH is 1. The van der Waals surface area contributed by atoms with Crippen LogP contribution >= 0.6 is 0 Å². The highest BCUT2D eigenvalue weighted by Crippen LogP contribution is 2.27. The molecule has 17 heavy (non-hydrogen) atoms. The van der Waals surface area contributed by atoms with E-state index in [2.05, 4.69) is 22.3 Å². The van der Waals surface area contributed by atoms with Crippen LogP contribution in [-0.4, -0.2) is 36.2 Å². The summed E-state index contributed by atoms with van der Waals surface area (Å²) in [6, 6.07) is 8.32. The number of likely N-dealkylation sites (tertiary alicyclic amines) is 1. The van der Waals surface area contributed by atoms with Gasteiger partial charge in [0.25, 0.3) is 0 Å². The van der Waals surface area contributed by atoms with Gasteiger partial charge in [-0.1, -0.05) is 24.3 Å². The van der Waals surface area contributed by atoms with Gasteiger partial charge in [0, 0.05) is 19.6 Å². The lowest BCUT2D eigenvalue weighted by molar-refractivity contribution is 0.281. The summed E-state index contributed by atoms with van der Waals surface area (Å²) in [6.07, 6.45) is 0. The Hall–Kier alpha value is -0.900. The van der Waals surface area contributed by atoms with Crippen LogP contribution in [0.5, 0.6) is 0 Å². The number of fused-ring (bicyclic) bond motifs is 1. The molecule has 3 heteroatoms. The smallest absolute Gasteiger partial charge is 0.0681 e. The van der Waals surface area contributed by atoms with Gasteiger partial charge < -0.3 is 10.4 Å². The monoisotopic (exact) mass is 232 g/mol. The first kappa shape index (κ1) is 11.2. The van der Waals surface area contributed by atoms with Crippen LogP contribution in [0.2, 0.25) is 0 Å². The lowest BCUT2D eigenvalue weighted by Crippen LogP contribution is -2.25. The summed E-state index contributed by atoms with van der Waals surface area (Å²) in [4.78, 5) is 2.56. The maximum Gasteiger partial charge on any atom is 0.0681 e. The number of nitrogens with zero attached hydrogens (tertiary/aromatic N) is 1. The fourth-order valence-electron chi connectivity index (χ4n) is 3.09. The van der Waals surface area contributed by atoms with E-state index in [1.165, 1.54) is 31.7 Å². The molecule has 0 amide bonds. The van der Waals surface area contributed by atoms with Crippen LogP contribution in [0.1, 0.15) is 11.1 Å². The Morgan fingerprint density at radius 1 is 1.06 bits per heavy atom. The maximum absolute atomic E-state index is 9.00. The molecule has 1 aromatic carbocycles. The predicted octanol–water partition coefficient (Wildman–Crippen LogP) is 0.830. The quantitative estimate of drug-likeness (QED) is 0.810. The molecule has 92 valence electrons. The third kappa shape index (κ3) is 2.37. The Balaban J connectivity index is 1.59. The number of hydrogen-bond acceptors (Lipinski definition) is 3. The molecule has 0 unspecified atom stereocenters. The molecule has 2 heterocycles. The third-order valence-electron chi connectivity index (χ3n) is 4.08. The first-order valence-electron chi connectivity index (χ1n) is 6.47. The van der Waals surface area contributed by atoms with E-state index in [9.17, 15) is 0 Å². The lowest BCUT2D eigenvalue weighted by Gasteiger charge is -2.17. The van der Waals surface area contributed by atoms with Crippen molar-refractivity contribution in [2.45, 2.75) is 13.2 Å². The molecule has 1 aromatic rings. The van der Waals surface area contributed by atoms with Gasteiger partial charge in [0.05, 0.1) is 6.61 Å². The zero-order valence-electron chi connectivity index (χ0n) is 10.1. The molecule has 0 bridgehead atoms. The van der Waals surface area contributed by atoms with Gasteiger partial charge in [0.15, 0.2) is 0 Å². The van der Waals surface area contributed by atoms with Gasteiger partial charge in [0.1, 0.15) is 0 Å². The first-order chi connectivity index (χ1) is 8.35. The fourth-order valence-corrected chi connectivity index (χ4v) is 3.09. The SMILES string of the molecule is OCc1ccc(CN2C[C@H]3CNC[C@H]3C2)cc1. The number of rotatable bonds is 3. The molecular weight excluding hydrogens is 212 g/mol. The Labute approximate surface area is 102 Å². The highest BCUT2D eigenvalue weighted by atomic mass is 16.3. The van der Waals surface area contributed by atoms with Gasteiger partial charge in [-0.25, -0.2) is 0 Å². The molecule has 3 nitrogen and oxygen atoms in total. The van der Waals surface area contributed by atoms with Crippen LogP contribution in [-0.2, 0) is 13.2 Å². The van der Waals surface area contributed by atoms with E-state index in [-0.39, 0.29) is 6.61 Å². The molecule has 2 N–H and O–H groups in total. The lowest BCUT2D eigenvalue weighted by atomic mass is 10.0. The van der Waals surface area contributed by atoms with Crippen LogP contribution < -0.4 is 5.32 Å². The van der Waals surface area contributed by atoms with Gasteiger partial charge in [-0.15, -0.1) is 0 Å². The van der Waals surface area contributed by atoms with E-state index in [4.69, 9.17) is 5.11 Å². The van der Waals surface area contributed by atoms with E-state index >= 15 is 0 Å². The molecule has 2 saturated heterocycles. The van der Waals surface area contributed by atoms with E-state index in [1.54, 1.807) is 0 Å². The zero-order chi connectivity index (χ0) is 11.7. The van der Waals surface area contributed by atoms with Crippen LogP contribution in [0.3, 0.4) is 0 Å². The Morgan fingerprint density at radius 3 is 2.24 bits per heavy atom. The molecule has 2 atom stereocenters. The van der Waals surface area contributed by atoms with Crippen molar-refractivity contribution in [3.63, 3.8) is 0 Å². The van der Waals surface area contributed by atoms with Crippen LogP contribution in [0.15, 0.2) is 24.3 Å². The third-order valence-corrected chi connectivity index (χ3v) is 4.08. The van der Waals surface area contributed by atoms with Crippen molar-refractivity contribution in [3.05, 3.63) is 35.4 Å². The summed E-state index contributed by atoms with van der Waals surface area (Å²) >= 11 is 0. The predicted molar refractivity (Wildman–Crippen MR) is 67.5 cm³/mol. The second-order valence-corrected chi connectivity index (χ2v) is 5.35.